The van der Waals surface area contributed by atoms with E-state index < -0.39 is 17.8 Å². The molecule has 2 N–H and O–H groups in total. The number of nitrogens with zero attached hydrogens (tertiary/aromatic N) is 1. The molecule has 1 heterocycles. The van der Waals surface area contributed by atoms with Gasteiger partial charge in [0.25, 0.3) is 17.7 Å². The normalized spacial score (nSPS) is 16.5. The molecule has 1 aliphatic carbocycles. The molecular weight excluding hydrogens is 482 g/mol. The molecule has 0 spiro atoms. The molecule has 2 aliphatic rings. The van der Waals surface area contributed by atoms with E-state index in [2.05, 4.69) is 10.6 Å². The predicted octanol–water partition coefficient (Wildman–Crippen LogP) is 4.75. The van der Waals surface area contributed by atoms with Gasteiger partial charge in [-0.1, -0.05) is 43.0 Å². The number of carbonyl (C=O) groups is 4. The zero-order chi connectivity index (χ0) is 25.8. The Balaban J connectivity index is 1.50. The van der Waals surface area contributed by atoms with Crippen LogP contribution in [0.4, 0.5) is 11.4 Å². The molecule has 0 saturated heterocycles. The van der Waals surface area contributed by atoms with Crippen LogP contribution in [-0.4, -0.2) is 35.8 Å². The highest BCUT2D eigenvalue weighted by atomic mass is 35.5. The predicted molar refractivity (Wildman–Crippen MR) is 137 cm³/mol. The quantitative estimate of drug-likeness (QED) is 0.412. The van der Waals surface area contributed by atoms with Gasteiger partial charge in [0.05, 0.1) is 17.4 Å². The number of benzene rings is 2. The minimum absolute atomic E-state index is 0.110. The van der Waals surface area contributed by atoms with E-state index in [-0.39, 0.29) is 40.0 Å². The van der Waals surface area contributed by atoms with Crippen molar-refractivity contribution in [1.29, 1.82) is 0 Å². The Morgan fingerprint density at radius 1 is 0.972 bits per heavy atom. The number of carbonyl (C=O) groups excluding carboxylic acids is 4. The lowest BCUT2D eigenvalue weighted by atomic mass is 9.95. The van der Waals surface area contributed by atoms with Gasteiger partial charge in [-0.05, 0) is 63.1 Å². The summed E-state index contributed by atoms with van der Waals surface area (Å²) < 4.78 is 5.20. The summed E-state index contributed by atoms with van der Waals surface area (Å²) in [6.07, 6.45) is 5.02. The summed E-state index contributed by atoms with van der Waals surface area (Å²) in [5, 5.41) is 5.68. The molecule has 0 bridgehead atoms. The first-order valence-electron chi connectivity index (χ1n) is 12.0. The first-order chi connectivity index (χ1) is 17.2. The number of rotatable bonds is 7. The molecule has 4 rings (SSSR count). The fraction of sp³-hybridized carbons (Fsp3) is 0.333. The van der Waals surface area contributed by atoms with Crippen molar-refractivity contribution in [2.24, 2.45) is 0 Å². The monoisotopic (exact) mass is 509 g/mol. The Kier molecular flexibility index (Phi) is 7.74. The Hall–Kier alpha value is -3.65. The second kappa shape index (κ2) is 11.0. The average molecular weight is 510 g/mol. The molecule has 1 saturated carbocycles. The third kappa shape index (κ3) is 5.60. The van der Waals surface area contributed by atoms with E-state index in [1.54, 1.807) is 44.2 Å². The van der Waals surface area contributed by atoms with Crippen molar-refractivity contribution in [3.05, 3.63) is 70.4 Å². The Labute approximate surface area is 214 Å². The van der Waals surface area contributed by atoms with Gasteiger partial charge in [-0.15, -0.1) is 0 Å². The topological polar surface area (TPSA) is 105 Å². The van der Waals surface area contributed by atoms with Crippen LogP contribution in [0.5, 0.6) is 0 Å². The van der Waals surface area contributed by atoms with Crippen molar-refractivity contribution in [3.63, 3.8) is 0 Å². The lowest BCUT2D eigenvalue weighted by molar-refractivity contribution is -0.120. The van der Waals surface area contributed by atoms with Gasteiger partial charge in [-0.2, -0.15) is 0 Å². The fourth-order valence-electron chi connectivity index (χ4n) is 4.30. The number of esters is 1. The van der Waals surface area contributed by atoms with Crippen LogP contribution in [0.15, 0.2) is 59.3 Å². The minimum atomic E-state index is -0.718. The lowest BCUT2D eigenvalue weighted by Crippen LogP contribution is -2.36. The van der Waals surface area contributed by atoms with Crippen molar-refractivity contribution < 1.29 is 23.9 Å². The molecule has 0 aromatic heterocycles. The summed E-state index contributed by atoms with van der Waals surface area (Å²) in [5.74, 6) is -2.14. The van der Waals surface area contributed by atoms with E-state index in [4.69, 9.17) is 16.3 Å². The largest absolute Gasteiger partial charge is 0.459 e. The van der Waals surface area contributed by atoms with Crippen molar-refractivity contribution in [2.75, 3.05) is 10.2 Å². The van der Waals surface area contributed by atoms with Crippen LogP contribution in [0.3, 0.4) is 0 Å². The summed E-state index contributed by atoms with van der Waals surface area (Å²) in [5.41, 5.74) is 1.17. The molecule has 1 aliphatic heterocycles. The van der Waals surface area contributed by atoms with Crippen LogP contribution in [0.1, 0.15) is 66.7 Å². The van der Waals surface area contributed by atoms with Gasteiger partial charge in [0, 0.05) is 17.3 Å². The molecule has 0 unspecified atom stereocenters. The zero-order valence-corrected chi connectivity index (χ0v) is 20.9. The maximum Gasteiger partial charge on any atom is 0.338 e. The molecule has 1 fully saturated rings. The second-order valence-electron chi connectivity index (χ2n) is 9.15. The SMILES string of the molecule is CC(C)OC(=O)c1cccc(N2C(=O)C(Cl)=C(Nc3cccc(C(=O)NC4CCCCC4)c3)C2=O)c1. The van der Waals surface area contributed by atoms with E-state index in [1.807, 2.05) is 0 Å². The number of hydrogen-bond donors (Lipinski definition) is 2. The number of amides is 3. The third-order valence-electron chi connectivity index (χ3n) is 6.04. The molecule has 8 nitrogen and oxygen atoms in total. The minimum Gasteiger partial charge on any atom is -0.459 e. The average Bonchev–Trinajstić information content (AvgIpc) is 3.07. The van der Waals surface area contributed by atoms with Crippen LogP contribution >= 0.6 is 11.6 Å². The number of anilines is 2. The van der Waals surface area contributed by atoms with Crippen molar-refractivity contribution in [3.8, 4) is 0 Å². The van der Waals surface area contributed by atoms with Crippen molar-refractivity contribution >= 4 is 46.7 Å². The van der Waals surface area contributed by atoms with Crippen LogP contribution in [-0.2, 0) is 14.3 Å². The number of halogens is 1. The number of ether oxygens (including phenoxy) is 1. The van der Waals surface area contributed by atoms with E-state index in [9.17, 15) is 19.2 Å². The van der Waals surface area contributed by atoms with E-state index in [0.29, 0.717) is 11.3 Å². The molecule has 0 atom stereocenters. The number of nitrogens with one attached hydrogen (secondary N) is 2. The van der Waals surface area contributed by atoms with E-state index in [1.165, 1.54) is 24.6 Å². The van der Waals surface area contributed by atoms with E-state index in [0.717, 1.165) is 30.6 Å². The standard InChI is InChI=1S/C27H28ClN3O5/c1-16(2)36-27(35)18-9-7-13-21(15-18)31-25(33)22(28)23(26(31)34)29-20-12-6-8-17(14-20)24(32)30-19-10-4-3-5-11-19/h6-9,12-16,19,29H,3-5,10-11H2,1-2H3,(H,30,32). The van der Waals surface area contributed by atoms with Gasteiger partial charge in [0.2, 0.25) is 0 Å². The van der Waals surface area contributed by atoms with Gasteiger partial charge in [-0.3, -0.25) is 14.4 Å². The summed E-state index contributed by atoms with van der Waals surface area (Å²) in [7, 11) is 0. The maximum atomic E-state index is 13.2. The summed E-state index contributed by atoms with van der Waals surface area (Å²) in [6.45, 7) is 3.46. The highest BCUT2D eigenvalue weighted by molar-refractivity contribution is 6.53. The van der Waals surface area contributed by atoms with Gasteiger partial charge in [0.1, 0.15) is 10.7 Å². The van der Waals surface area contributed by atoms with Crippen LogP contribution in [0.2, 0.25) is 0 Å². The fourth-order valence-corrected chi connectivity index (χ4v) is 4.51. The second-order valence-corrected chi connectivity index (χ2v) is 9.53. The third-order valence-corrected chi connectivity index (χ3v) is 6.40. The zero-order valence-electron chi connectivity index (χ0n) is 20.2. The highest BCUT2D eigenvalue weighted by Crippen LogP contribution is 2.31. The molecule has 9 heteroatoms. The summed E-state index contributed by atoms with van der Waals surface area (Å²) in [4.78, 5) is 51.9. The Morgan fingerprint density at radius 2 is 1.67 bits per heavy atom. The van der Waals surface area contributed by atoms with Gasteiger partial charge < -0.3 is 15.4 Å². The van der Waals surface area contributed by atoms with E-state index >= 15 is 0 Å². The van der Waals surface area contributed by atoms with Crippen LogP contribution in [0.25, 0.3) is 0 Å². The molecule has 3 amide bonds. The van der Waals surface area contributed by atoms with Crippen molar-refractivity contribution in [2.45, 2.75) is 58.1 Å². The van der Waals surface area contributed by atoms with Crippen molar-refractivity contribution in [1.82, 2.24) is 5.32 Å². The van der Waals surface area contributed by atoms with Gasteiger partial charge in [-0.25, -0.2) is 9.69 Å². The Morgan fingerprint density at radius 3 is 2.39 bits per heavy atom. The molecule has 2 aromatic carbocycles. The summed E-state index contributed by atoms with van der Waals surface area (Å²) >= 11 is 6.25. The lowest BCUT2D eigenvalue weighted by Gasteiger charge is -2.22. The first kappa shape index (κ1) is 25.4. The smallest absolute Gasteiger partial charge is 0.338 e. The first-order valence-corrected chi connectivity index (χ1v) is 12.4. The Bertz CT molecular complexity index is 1230. The molecule has 188 valence electrons. The van der Waals surface area contributed by atoms with Gasteiger partial charge in [0.15, 0.2) is 0 Å². The molecular formula is C27H28ClN3O5. The molecule has 2 aromatic rings. The maximum absolute atomic E-state index is 13.2. The van der Waals surface area contributed by atoms with Gasteiger partial charge >= 0.3 is 5.97 Å². The molecule has 0 radical (unpaired) electrons. The summed E-state index contributed by atoms with van der Waals surface area (Å²) in [6, 6.07) is 12.9. The molecule has 36 heavy (non-hydrogen) atoms. The highest BCUT2D eigenvalue weighted by Gasteiger charge is 2.39. The van der Waals surface area contributed by atoms with Crippen LogP contribution in [0, 0.1) is 0 Å². The number of imide groups is 1. The van der Waals surface area contributed by atoms with Crippen LogP contribution < -0.4 is 15.5 Å². The number of hydrogen-bond acceptors (Lipinski definition) is 6.